The lowest BCUT2D eigenvalue weighted by molar-refractivity contribution is 0.0963. The summed E-state index contributed by atoms with van der Waals surface area (Å²) in [5, 5.41) is 8.40. The van der Waals surface area contributed by atoms with Crippen LogP contribution >= 0.6 is 11.6 Å². The average Bonchev–Trinajstić information content (AvgIpc) is 2.49. The fraction of sp³-hybridized carbons (Fsp3) is 0.333. The molecule has 0 aliphatic heterocycles. The number of rotatable bonds is 3. The van der Waals surface area contributed by atoms with Crippen molar-refractivity contribution in [1.29, 1.82) is 0 Å². The van der Waals surface area contributed by atoms with Crippen LogP contribution in [0, 0.1) is 0 Å². The highest BCUT2D eigenvalue weighted by Crippen LogP contribution is 2.23. The molecule has 5 nitrogen and oxygen atoms in total. The van der Waals surface area contributed by atoms with Gasteiger partial charge in [-0.2, -0.15) is 0 Å². The van der Waals surface area contributed by atoms with Gasteiger partial charge in [0, 0.05) is 18.7 Å². The first-order valence-electron chi connectivity index (χ1n) is 6.86. The Morgan fingerprint density at radius 3 is 2.76 bits per heavy atom. The van der Waals surface area contributed by atoms with Crippen LogP contribution in [-0.4, -0.2) is 25.0 Å². The van der Waals surface area contributed by atoms with Crippen molar-refractivity contribution in [3.8, 4) is 0 Å². The second-order valence-corrected chi connectivity index (χ2v) is 5.24. The van der Waals surface area contributed by atoms with Crippen LogP contribution in [0.3, 0.4) is 0 Å². The summed E-state index contributed by atoms with van der Waals surface area (Å²) >= 11 is 6.08. The number of nitrogens with one attached hydrogen (secondary N) is 3. The first-order valence-corrected chi connectivity index (χ1v) is 7.24. The number of allylic oxidation sites excluding steroid dienone is 1. The molecule has 0 bridgehead atoms. The molecule has 3 amide bonds. The Bertz CT molecular complexity index is 572. The van der Waals surface area contributed by atoms with Crippen LogP contribution in [0.25, 0.3) is 0 Å². The minimum absolute atomic E-state index is 0.0580. The summed E-state index contributed by atoms with van der Waals surface area (Å²) in [5.74, 6) is -0.222. The van der Waals surface area contributed by atoms with E-state index in [0.717, 1.165) is 19.3 Å². The Hall–Kier alpha value is -2.01. The molecule has 1 aliphatic carbocycles. The maximum Gasteiger partial charge on any atom is 0.319 e. The SMILES string of the molecule is CNC(=O)c1ccc(NC(=O)NC2C=CCCC2)c(Cl)c1. The third-order valence-corrected chi connectivity index (χ3v) is 3.59. The Morgan fingerprint density at radius 1 is 1.33 bits per heavy atom. The van der Waals surface area contributed by atoms with E-state index < -0.39 is 0 Å². The normalized spacial score (nSPS) is 17.1. The molecular weight excluding hydrogens is 290 g/mol. The molecule has 0 heterocycles. The summed E-state index contributed by atoms with van der Waals surface area (Å²) in [6.07, 6.45) is 7.14. The van der Waals surface area contributed by atoms with Crippen LogP contribution in [0.2, 0.25) is 5.02 Å². The van der Waals surface area contributed by atoms with E-state index in [1.807, 2.05) is 6.08 Å². The topological polar surface area (TPSA) is 70.2 Å². The predicted molar refractivity (Wildman–Crippen MR) is 83.8 cm³/mol. The maximum absolute atomic E-state index is 11.9. The standard InChI is InChI=1S/C15H18ClN3O2/c1-17-14(20)10-7-8-13(12(16)9-10)19-15(21)18-11-5-3-2-4-6-11/h3,5,7-9,11H,2,4,6H2,1H3,(H,17,20)(H2,18,19,21). The molecule has 6 heteroatoms. The third kappa shape index (κ3) is 4.23. The summed E-state index contributed by atoms with van der Waals surface area (Å²) in [6, 6.07) is 4.50. The monoisotopic (exact) mass is 307 g/mol. The molecule has 1 aromatic rings. The van der Waals surface area contributed by atoms with Gasteiger partial charge in [0.15, 0.2) is 0 Å². The van der Waals surface area contributed by atoms with Gasteiger partial charge in [-0.15, -0.1) is 0 Å². The van der Waals surface area contributed by atoms with Gasteiger partial charge in [-0.25, -0.2) is 4.79 Å². The average molecular weight is 308 g/mol. The van der Waals surface area contributed by atoms with Crippen molar-refractivity contribution < 1.29 is 9.59 Å². The fourth-order valence-corrected chi connectivity index (χ4v) is 2.39. The van der Waals surface area contributed by atoms with E-state index in [-0.39, 0.29) is 18.0 Å². The molecule has 3 N–H and O–H groups in total. The van der Waals surface area contributed by atoms with Gasteiger partial charge in [-0.3, -0.25) is 4.79 Å². The number of anilines is 1. The zero-order chi connectivity index (χ0) is 15.2. The van der Waals surface area contributed by atoms with Crippen molar-refractivity contribution in [2.45, 2.75) is 25.3 Å². The van der Waals surface area contributed by atoms with Gasteiger partial charge in [0.1, 0.15) is 0 Å². The van der Waals surface area contributed by atoms with Gasteiger partial charge in [-0.05, 0) is 37.5 Å². The van der Waals surface area contributed by atoms with Gasteiger partial charge >= 0.3 is 6.03 Å². The minimum atomic E-state index is -0.304. The zero-order valence-electron chi connectivity index (χ0n) is 11.8. The van der Waals surface area contributed by atoms with Crippen LogP contribution in [0.4, 0.5) is 10.5 Å². The Morgan fingerprint density at radius 2 is 2.14 bits per heavy atom. The van der Waals surface area contributed by atoms with Crippen molar-refractivity contribution in [2.24, 2.45) is 0 Å². The summed E-state index contributed by atoms with van der Waals surface area (Å²) in [4.78, 5) is 23.4. The first-order chi connectivity index (χ1) is 10.1. The highest BCUT2D eigenvalue weighted by Gasteiger charge is 2.13. The number of halogens is 1. The van der Waals surface area contributed by atoms with Crippen LogP contribution < -0.4 is 16.0 Å². The van der Waals surface area contributed by atoms with Crippen LogP contribution in [0.5, 0.6) is 0 Å². The number of amides is 3. The van der Waals surface area contributed by atoms with Crippen LogP contribution in [0.1, 0.15) is 29.6 Å². The zero-order valence-corrected chi connectivity index (χ0v) is 12.5. The smallest absolute Gasteiger partial charge is 0.319 e. The Labute approximate surface area is 128 Å². The molecule has 0 saturated carbocycles. The van der Waals surface area contributed by atoms with Crippen molar-refractivity contribution in [2.75, 3.05) is 12.4 Å². The third-order valence-electron chi connectivity index (χ3n) is 3.28. The second-order valence-electron chi connectivity index (χ2n) is 4.84. The highest BCUT2D eigenvalue weighted by atomic mass is 35.5. The van der Waals surface area contributed by atoms with Crippen molar-refractivity contribution in [3.63, 3.8) is 0 Å². The van der Waals surface area contributed by atoms with E-state index in [1.54, 1.807) is 19.2 Å². The van der Waals surface area contributed by atoms with Crippen LogP contribution in [-0.2, 0) is 0 Å². The molecule has 0 saturated heterocycles. The van der Waals surface area contributed by atoms with Crippen LogP contribution in [0.15, 0.2) is 30.4 Å². The molecule has 1 aromatic carbocycles. The first kappa shape index (κ1) is 15.4. The molecule has 0 fully saturated rings. The maximum atomic E-state index is 11.9. The van der Waals surface area contributed by atoms with Gasteiger partial charge < -0.3 is 16.0 Å². The molecule has 0 spiro atoms. The van der Waals surface area contributed by atoms with Gasteiger partial charge in [0.25, 0.3) is 5.91 Å². The predicted octanol–water partition coefficient (Wildman–Crippen LogP) is 2.93. The lowest BCUT2D eigenvalue weighted by Gasteiger charge is -2.18. The number of benzene rings is 1. The second kappa shape index (κ2) is 7.13. The van der Waals surface area contributed by atoms with Gasteiger partial charge in [0.05, 0.1) is 10.7 Å². The van der Waals surface area contributed by atoms with E-state index in [1.165, 1.54) is 6.07 Å². The molecule has 112 valence electrons. The quantitative estimate of drug-likeness (QED) is 0.751. The number of hydrogen-bond acceptors (Lipinski definition) is 2. The van der Waals surface area contributed by atoms with E-state index in [4.69, 9.17) is 11.6 Å². The molecule has 1 atom stereocenters. The lowest BCUT2D eigenvalue weighted by Crippen LogP contribution is -2.37. The van der Waals surface area contributed by atoms with Crippen molar-refractivity contribution in [3.05, 3.63) is 40.9 Å². The largest absolute Gasteiger partial charge is 0.355 e. The molecule has 21 heavy (non-hydrogen) atoms. The lowest BCUT2D eigenvalue weighted by atomic mass is 10.0. The van der Waals surface area contributed by atoms with Gasteiger partial charge in [-0.1, -0.05) is 23.8 Å². The summed E-state index contributed by atoms with van der Waals surface area (Å²) in [5.41, 5.74) is 0.922. The van der Waals surface area contributed by atoms with E-state index >= 15 is 0 Å². The molecule has 1 unspecified atom stereocenters. The van der Waals surface area contributed by atoms with Crippen molar-refractivity contribution >= 4 is 29.2 Å². The number of carbonyl (C=O) groups excluding carboxylic acids is 2. The minimum Gasteiger partial charge on any atom is -0.355 e. The van der Waals surface area contributed by atoms with Crippen molar-refractivity contribution in [1.82, 2.24) is 10.6 Å². The summed E-state index contributed by atoms with van der Waals surface area (Å²) in [7, 11) is 1.55. The fourth-order valence-electron chi connectivity index (χ4n) is 2.16. The van der Waals surface area contributed by atoms with Gasteiger partial charge in [0.2, 0.25) is 0 Å². The molecule has 1 aliphatic rings. The Balaban J connectivity index is 1.98. The van der Waals surface area contributed by atoms with E-state index in [9.17, 15) is 9.59 Å². The van der Waals surface area contributed by atoms with E-state index in [2.05, 4.69) is 22.0 Å². The number of hydrogen-bond donors (Lipinski definition) is 3. The Kier molecular flexibility index (Phi) is 5.22. The molecular formula is C15H18ClN3O2. The number of carbonyl (C=O) groups is 2. The summed E-state index contributed by atoms with van der Waals surface area (Å²) in [6.45, 7) is 0. The number of urea groups is 1. The summed E-state index contributed by atoms with van der Waals surface area (Å²) < 4.78 is 0. The highest BCUT2D eigenvalue weighted by molar-refractivity contribution is 6.34. The molecule has 0 aromatic heterocycles. The molecule has 2 rings (SSSR count). The molecule has 0 radical (unpaired) electrons. The van der Waals surface area contributed by atoms with E-state index in [0.29, 0.717) is 16.3 Å².